The molecule has 2 aromatic carbocycles. The molecule has 3 rings (SSSR count). The molecular formula is C20H21FN2. The van der Waals surface area contributed by atoms with Gasteiger partial charge in [0, 0.05) is 12.1 Å². The van der Waals surface area contributed by atoms with Crippen LogP contribution in [0.5, 0.6) is 0 Å². The van der Waals surface area contributed by atoms with Crippen LogP contribution in [-0.2, 0) is 19.3 Å². The number of aromatic nitrogens is 2. The van der Waals surface area contributed by atoms with Crippen LogP contribution in [0.15, 0.2) is 54.9 Å². The van der Waals surface area contributed by atoms with Crippen LogP contribution in [0, 0.1) is 5.82 Å². The minimum absolute atomic E-state index is 0.155. The summed E-state index contributed by atoms with van der Waals surface area (Å²) in [6.45, 7) is 4.27. The first-order valence-corrected chi connectivity index (χ1v) is 8.11. The zero-order chi connectivity index (χ0) is 16.2. The highest BCUT2D eigenvalue weighted by Crippen LogP contribution is 2.23. The Hall–Kier alpha value is -2.42. The number of aryl methyl sites for hydroxylation is 1. The lowest BCUT2D eigenvalue weighted by Crippen LogP contribution is -2.04. The summed E-state index contributed by atoms with van der Waals surface area (Å²) in [5.74, 6) is -0.155. The molecule has 0 saturated carbocycles. The molecule has 0 aliphatic heterocycles. The maximum absolute atomic E-state index is 14.0. The number of rotatable bonds is 5. The number of imidazole rings is 1. The van der Waals surface area contributed by atoms with Crippen molar-refractivity contribution in [3.8, 4) is 5.69 Å². The van der Waals surface area contributed by atoms with Crippen molar-refractivity contribution in [2.45, 2.75) is 33.1 Å². The Kier molecular flexibility index (Phi) is 4.56. The average molecular weight is 308 g/mol. The Bertz CT molecular complexity index is 805. The van der Waals surface area contributed by atoms with Crippen LogP contribution < -0.4 is 0 Å². The Morgan fingerprint density at radius 2 is 1.61 bits per heavy atom. The average Bonchev–Trinajstić information content (AvgIpc) is 3.00. The summed E-state index contributed by atoms with van der Waals surface area (Å²) in [6.07, 6.45) is 4.31. The molecular weight excluding hydrogens is 287 g/mol. The second kappa shape index (κ2) is 6.78. The predicted octanol–water partition coefficient (Wildman–Crippen LogP) is 4.73. The number of halogens is 1. The fourth-order valence-corrected chi connectivity index (χ4v) is 3.03. The molecule has 0 fully saturated rings. The van der Waals surface area contributed by atoms with Gasteiger partial charge in [-0.3, -0.25) is 0 Å². The largest absolute Gasteiger partial charge is 0.303 e. The van der Waals surface area contributed by atoms with E-state index in [1.807, 2.05) is 30.6 Å². The third-order valence-electron chi connectivity index (χ3n) is 4.21. The Labute approximate surface area is 136 Å². The molecule has 3 aromatic rings. The number of nitrogens with zero attached hydrogens (tertiary/aromatic N) is 2. The molecule has 0 unspecified atom stereocenters. The fraction of sp³-hybridized carbons (Fsp3) is 0.250. The molecule has 2 nitrogen and oxygen atoms in total. The monoisotopic (exact) mass is 308 g/mol. The van der Waals surface area contributed by atoms with Crippen LogP contribution in [-0.4, -0.2) is 9.55 Å². The van der Waals surface area contributed by atoms with Crippen molar-refractivity contribution in [2.75, 3.05) is 0 Å². The lowest BCUT2D eigenvalue weighted by atomic mass is 10.0. The van der Waals surface area contributed by atoms with Gasteiger partial charge in [-0.15, -0.1) is 0 Å². The first-order chi connectivity index (χ1) is 11.2. The van der Waals surface area contributed by atoms with Crippen molar-refractivity contribution >= 4 is 0 Å². The van der Waals surface area contributed by atoms with E-state index < -0.39 is 0 Å². The molecule has 118 valence electrons. The van der Waals surface area contributed by atoms with E-state index in [2.05, 4.69) is 35.5 Å². The molecule has 23 heavy (non-hydrogen) atoms. The van der Waals surface area contributed by atoms with Gasteiger partial charge in [0.05, 0.1) is 17.7 Å². The van der Waals surface area contributed by atoms with E-state index in [-0.39, 0.29) is 5.82 Å². The van der Waals surface area contributed by atoms with Gasteiger partial charge in [-0.1, -0.05) is 50.2 Å². The number of hydrogen-bond acceptors (Lipinski definition) is 1. The molecule has 3 heteroatoms. The third kappa shape index (κ3) is 3.04. The summed E-state index contributed by atoms with van der Waals surface area (Å²) in [7, 11) is 0. The first kappa shape index (κ1) is 15.5. The van der Waals surface area contributed by atoms with E-state index in [4.69, 9.17) is 0 Å². The molecule has 0 atom stereocenters. The van der Waals surface area contributed by atoms with Crippen LogP contribution in [0.1, 0.15) is 36.4 Å². The molecule has 0 bridgehead atoms. The highest BCUT2D eigenvalue weighted by molar-refractivity contribution is 5.45. The molecule has 0 N–H and O–H groups in total. The van der Waals surface area contributed by atoms with E-state index in [0.717, 1.165) is 29.8 Å². The molecule has 0 radical (unpaired) electrons. The zero-order valence-corrected chi connectivity index (χ0v) is 13.6. The second-order valence-corrected chi connectivity index (χ2v) is 5.61. The normalized spacial score (nSPS) is 10.9. The van der Waals surface area contributed by atoms with Gasteiger partial charge in [0.1, 0.15) is 5.82 Å². The molecule has 0 saturated heterocycles. The van der Waals surface area contributed by atoms with Gasteiger partial charge in [-0.2, -0.15) is 0 Å². The van der Waals surface area contributed by atoms with Crippen LogP contribution in [0.4, 0.5) is 4.39 Å². The van der Waals surface area contributed by atoms with E-state index in [1.54, 1.807) is 6.07 Å². The van der Waals surface area contributed by atoms with Crippen LogP contribution in [0.3, 0.4) is 0 Å². The minimum Gasteiger partial charge on any atom is -0.303 e. The summed E-state index contributed by atoms with van der Waals surface area (Å²) < 4.78 is 16.1. The van der Waals surface area contributed by atoms with Crippen molar-refractivity contribution in [1.82, 2.24) is 9.55 Å². The maximum Gasteiger partial charge on any atom is 0.126 e. The summed E-state index contributed by atoms with van der Waals surface area (Å²) >= 11 is 0. The zero-order valence-electron chi connectivity index (χ0n) is 13.6. The topological polar surface area (TPSA) is 17.8 Å². The molecule has 1 heterocycles. The van der Waals surface area contributed by atoms with Crippen molar-refractivity contribution in [3.63, 3.8) is 0 Å². The highest BCUT2D eigenvalue weighted by atomic mass is 19.1. The number of para-hydroxylation sites is 1. The summed E-state index contributed by atoms with van der Waals surface area (Å²) in [5.41, 5.74) is 5.27. The van der Waals surface area contributed by atoms with Crippen molar-refractivity contribution < 1.29 is 4.39 Å². The van der Waals surface area contributed by atoms with E-state index in [0.29, 0.717) is 12.0 Å². The standard InChI is InChI=1S/C20H21FN2/c1-3-18-19(4-2)23(14-22-18)20-12-8-6-10-16(20)13-15-9-5-7-11-17(15)21/h5-12,14H,3-4,13H2,1-2H3. The lowest BCUT2D eigenvalue weighted by Gasteiger charge is -2.14. The van der Waals surface area contributed by atoms with Gasteiger partial charge in [-0.05, 0) is 36.1 Å². The Balaban J connectivity index is 2.05. The first-order valence-electron chi connectivity index (χ1n) is 8.11. The second-order valence-electron chi connectivity index (χ2n) is 5.61. The fourth-order valence-electron chi connectivity index (χ4n) is 3.03. The van der Waals surface area contributed by atoms with E-state index >= 15 is 0 Å². The summed E-state index contributed by atoms with van der Waals surface area (Å²) in [5, 5.41) is 0. The summed E-state index contributed by atoms with van der Waals surface area (Å²) in [4.78, 5) is 4.54. The molecule has 0 spiro atoms. The minimum atomic E-state index is -0.155. The Morgan fingerprint density at radius 1 is 0.913 bits per heavy atom. The molecule has 0 aliphatic carbocycles. The van der Waals surface area contributed by atoms with Crippen molar-refractivity contribution in [3.05, 3.63) is 83.2 Å². The van der Waals surface area contributed by atoms with E-state index in [9.17, 15) is 4.39 Å². The number of benzene rings is 2. The predicted molar refractivity (Wildman–Crippen MR) is 91.5 cm³/mol. The maximum atomic E-state index is 14.0. The third-order valence-corrected chi connectivity index (χ3v) is 4.21. The van der Waals surface area contributed by atoms with Gasteiger partial charge in [0.25, 0.3) is 0 Å². The van der Waals surface area contributed by atoms with Gasteiger partial charge in [0.2, 0.25) is 0 Å². The van der Waals surface area contributed by atoms with Gasteiger partial charge < -0.3 is 4.57 Å². The molecule has 0 amide bonds. The van der Waals surface area contributed by atoms with Gasteiger partial charge >= 0.3 is 0 Å². The highest BCUT2D eigenvalue weighted by Gasteiger charge is 2.13. The van der Waals surface area contributed by atoms with Crippen LogP contribution in [0.2, 0.25) is 0 Å². The van der Waals surface area contributed by atoms with Crippen molar-refractivity contribution in [1.29, 1.82) is 0 Å². The van der Waals surface area contributed by atoms with Crippen LogP contribution >= 0.6 is 0 Å². The number of hydrogen-bond donors (Lipinski definition) is 0. The molecule has 0 aliphatic rings. The quantitative estimate of drug-likeness (QED) is 0.666. The van der Waals surface area contributed by atoms with Gasteiger partial charge in [0.15, 0.2) is 0 Å². The summed E-state index contributed by atoms with van der Waals surface area (Å²) in [6, 6.07) is 15.1. The van der Waals surface area contributed by atoms with Gasteiger partial charge in [-0.25, -0.2) is 9.37 Å². The lowest BCUT2D eigenvalue weighted by molar-refractivity contribution is 0.614. The van der Waals surface area contributed by atoms with Crippen molar-refractivity contribution in [2.24, 2.45) is 0 Å². The molecule has 1 aromatic heterocycles. The van der Waals surface area contributed by atoms with Crippen LogP contribution in [0.25, 0.3) is 5.69 Å². The smallest absolute Gasteiger partial charge is 0.126 e. The van der Waals surface area contributed by atoms with E-state index in [1.165, 1.54) is 11.8 Å². The Morgan fingerprint density at radius 3 is 2.30 bits per heavy atom. The SMILES string of the molecule is CCc1ncn(-c2ccccc2Cc2ccccc2F)c1CC.